The first-order valence-electron chi connectivity index (χ1n) is 12.0. The summed E-state index contributed by atoms with van der Waals surface area (Å²) in [4.78, 5) is 38.8. The number of carboxylic acid groups (broad SMARTS) is 1. The Bertz CT molecular complexity index is 1060. The van der Waals surface area contributed by atoms with Gasteiger partial charge in [-0.25, -0.2) is 4.79 Å². The van der Waals surface area contributed by atoms with E-state index < -0.39 is 23.5 Å². The molecule has 35 heavy (non-hydrogen) atoms. The Morgan fingerprint density at radius 1 is 1.11 bits per heavy atom. The number of carbonyl (C=O) groups excluding carboxylic acids is 2. The monoisotopic (exact) mass is 480 g/mol. The maximum Gasteiger partial charge on any atom is 0.407 e. The van der Waals surface area contributed by atoms with Crippen molar-refractivity contribution >= 4 is 18.0 Å². The number of nitrogens with one attached hydrogen (secondary N) is 1. The number of carbonyl (C=O) groups is 3. The summed E-state index contributed by atoms with van der Waals surface area (Å²) in [5, 5.41) is 12.4. The van der Waals surface area contributed by atoms with Crippen LogP contribution in [0.4, 0.5) is 4.79 Å². The molecule has 8 nitrogen and oxygen atoms in total. The van der Waals surface area contributed by atoms with E-state index in [1.165, 1.54) is 7.11 Å². The molecule has 0 saturated carbocycles. The Kier molecular flexibility index (Phi) is 7.40. The number of amides is 2. The van der Waals surface area contributed by atoms with E-state index >= 15 is 0 Å². The van der Waals surface area contributed by atoms with Crippen LogP contribution in [0.15, 0.2) is 48.5 Å². The second kappa shape index (κ2) is 10.5. The largest absolute Gasteiger partial charge is 0.481 e. The Labute approximate surface area is 205 Å². The molecule has 0 radical (unpaired) electrons. The summed E-state index contributed by atoms with van der Waals surface area (Å²) < 4.78 is 10.7. The number of hydrogen-bond donors (Lipinski definition) is 2. The van der Waals surface area contributed by atoms with Gasteiger partial charge >= 0.3 is 12.1 Å². The van der Waals surface area contributed by atoms with Crippen LogP contribution >= 0.6 is 0 Å². The second-order valence-corrected chi connectivity index (χ2v) is 9.36. The summed E-state index contributed by atoms with van der Waals surface area (Å²) >= 11 is 0. The molecular weight excluding hydrogens is 448 g/mol. The zero-order valence-electron chi connectivity index (χ0n) is 20.2. The predicted octanol–water partition coefficient (Wildman–Crippen LogP) is 3.64. The summed E-state index contributed by atoms with van der Waals surface area (Å²) in [6.45, 7) is 2.61. The van der Waals surface area contributed by atoms with Crippen molar-refractivity contribution in [3.05, 3.63) is 59.7 Å². The first-order chi connectivity index (χ1) is 16.9. The Balaban J connectivity index is 1.33. The van der Waals surface area contributed by atoms with Gasteiger partial charge in [0.15, 0.2) is 0 Å². The number of likely N-dealkylation sites (tertiary alicyclic amines) is 1. The van der Waals surface area contributed by atoms with Crippen LogP contribution in [-0.2, 0) is 19.1 Å². The van der Waals surface area contributed by atoms with Gasteiger partial charge in [-0.15, -0.1) is 0 Å². The third-order valence-corrected chi connectivity index (χ3v) is 7.16. The number of carboxylic acids is 1. The van der Waals surface area contributed by atoms with Gasteiger partial charge in [-0.05, 0) is 35.1 Å². The first-order valence-corrected chi connectivity index (χ1v) is 12.0. The van der Waals surface area contributed by atoms with E-state index in [0.29, 0.717) is 19.4 Å². The van der Waals surface area contributed by atoms with E-state index in [9.17, 15) is 19.5 Å². The summed E-state index contributed by atoms with van der Waals surface area (Å²) in [5.74, 6) is -1.18. The van der Waals surface area contributed by atoms with Crippen molar-refractivity contribution in [3.63, 3.8) is 0 Å². The molecule has 2 aromatic rings. The highest BCUT2D eigenvalue weighted by molar-refractivity contribution is 5.82. The minimum Gasteiger partial charge on any atom is -0.481 e. The van der Waals surface area contributed by atoms with Gasteiger partial charge in [0, 0.05) is 38.6 Å². The minimum atomic E-state index is -1.08. The second-order valence-electron chi connectivity index (χ2n) is 9.36. The molecule has 2 aromatic carbocycles. The third kappa shape index (κ3) is 5.03. The molecule has 1 fully saturated rings. The fourth-order valence-corrected chi connectivity index (χ4v) is 5.16. The molecule has 1 heterocycles. The lowest BCUT2D eigenvalue weighted by molar-refractivity contribution is -0.151. The van der Waals surface area contributed by atoms with E-state index in [2.05, 4.69) is 29.6 Å². The minimum absolute atomic E-state index is 0.0376. The number of alkyl carbamates (subject to hydrolysis) is 1. The van der Waals surface area contributed by atoms with Crippen molar-refractivity contribution in [2.24, 2.45) is 5.41 Å². The normalized spacial score (nSPS) is 19.7. The molecule has 8 heteroatoms. The van der Waals surface area contributed by atoms with Crippen LogP contribution in [0.25, 0.3) is 11.1 Å². The standard InChI is InChI=1S/C27H32N2O6/c1-3-18(14-24(30)29-13-12-27(16-29,17-34-2)25(31)32)28-26(33)35-15-23-21-10-6-4-8-19(21)20-9-5-7-11-22(20)23/h4-11,18,23H,3,12-17H2,1-2H3,(H,28,33)(H,31,32)/t18-,27?/m0/s1. The van der Waals surface area contributed by atoms with Gasteiger partial charge < -0.3 is 24.8 Å². The van der Waals surface area contributed by atoms with E-state index in [-0.39, 0.29) is 38.0 Å². The lowest BCUT2D eigenvalue weighted by Gasteiger charge is -2.25. The zero-order chi connectivity index (χ0) is 25.0. The fourth-order valence-electron chi connectivity index (χ4n) is 5.16. The van der Waals surface area contributed by atoms with Crippen LogP contribution in [0, 0.1) is 5.41 Å². The number of hydrogen-bond acceptors (Lipinski definition) is 5. The lowest BCUT2D eigenvalue weighted by atomic mass is 9.88. The van der Waals surface area contributed by atoms with Crippen LogP contribution in [0.3, 0.4) is 0 Å². The maximum atomic E-state index is 12.9. The van der Waals surface area contributed by atoms with Gasteiger partial charge in [-0.3, -0.25) is 9.59 Å². The molecule has 2 N–H and O–H groups in total. The zero-order valence-corrected chi connectivity index (χ0v) is 20.2. The van der Waals surface area contributed by atoms with E-state index in [4.69, 9.17) is 9.47 Å². The van der Waals surface area contributed by atoms with Gasteiger partial charge in [0.1, 0.15) is 12.0 Å². The molecule has 1 aliphatic heterocycles. The SMILES string of the molecule is CC[C@@H](CC(=O)N1CCC(COC)(C(=O)O)C1)NC(=O)OCC1c2ccccc2-c2ccccc21. The number of ether oxygens (including phenoxy) is 2. The van der Waals surface area contributed by atoms with Crippen LogP contribution < -0.4 is 5.32 Å². The van der Waals surface area contributed by atoms with E-state index in [1.54, 1.807) is 4.90 Å². The first kappa shape index (κ1) is 24.7. The molecule has 186 valence electrons. The highest BCUT2D eigenvalue weighted by Crippen LogP contribution is 2.44. The van der Waals surface area contributed by atoms with Gasteiger partial charge in [0.25, 0.3) is 0 Å². The molecule has 0 spiro atoms. The van der Waals surface area contributed by atoms with Crippen LogP contribution in [0.2, 0.25) is 0 Å². The van der Waals surface area contributed by atoms with Crippen molar-refractivity contribution < 1.29 is 29.0 Å². The van der Waals surface area contributed by atoms with Crippen molar-refractivity contribution in [2.75, 3.05) is 33.4 Å². The summed E-state index contributed by atoms with van der Waals surface area (Å²) in [6.07, 6.45) is 0.417. The molecular formula is C27H32N2O6. The molecule has 2 atom stereocenters. The van der Waals surface area contributed by atoms with Gasteiger partial charge in [-0.2, -0.15) is 0 Å². The van der Waals surface area contributed by atoms with Crippen molar-refractivity contribution in [1.82, 2.24) is 10.2 Å². The number of aliphatic carboxylic acids is 1. The molecule has 0 aromatic heterocycles. The number of methoxy groups -OCH3 is 1. The number of nitrogens with zero attached hydrogens (tertiary/aromatic N) is 1. The molecule has 0 bridgehead atoms. The van der Waals surface area contributed by atoms with Crippen molar-refractivity contribution in [3.8, 4) is 11.1 Å². The number of rotatable bonds is 9. The van der Waals surface area contributed by atoms with Gasteiger partial charge in [-0.1, -0.05) is 55.5 Å². The van der Waals surface area contributed by atoms with Crippen molar-refractivity contribution in [1.29, 1.82) is 0 Å². The van der Waals surface area contributed by atoms with Crippen LogP contribution in [0.5, 0.6) is 0 Å². The Morgan fingerprint density at radius 3 is 2.31 bits per heavy atom. The highest BCUT2D eigenvalue weighted by Gasteiger charge is 2.46. The number of benzene rings is 2. The molecule has 1 aliphatic carbocycles. The molecule has 4 rings (SSSR count). The van der Waals surface area contributed by atoms with Crippen LogP contribution in [0.1, 0.15) is 43.2 Å². The van der Waals surface area contributed by atoms with Gasteiger partial charge in [0.2, 0.25) is 5.91 Å². The number of fused-ring (bicyclic) bond motifs is 3. The smallest absolute Gasteiger partial charge is 0.407 e. The average Bonchev–Trinajstić information content (AvgIpc) is 3.43. The quantitative estimate of drug-likeness (QED) is 0.568. The van der Waals surface area contributed by atoms with Crippen molar-refractivity contribution in [2.45, 2.75) is 38.1 Å². The molecule has 2 amide bonds. The highest BCUT2D eigenvalue weighted by atomic mass is 16.5. The summed E-state index contributed by atoms with van der Waals surface area (Å²) in [5.41, 5.74) is 3.51. The summed E-state index contributed by atoms with van der Waals surface area (Å²) in [6, 6.07) is 15.9. The molecule has 2 aliphatic rings. The molecule has 1 unspecified atom stereocenters. The maximum absolute atomic E-state index is 12.9. The average molecular weight is 481 g/mol. The van der Waals surface area contributed by atoms with Crippen LogP contribution in [-0.4, -0.2) is 67.4 Å². The van der Waals surface area contributed by atoms with E-state index in [0.717, 1.165) is 22.3 Å². The van der Waals surface area contributed by atoms with Gasteiger partial charge in [0.05, 0.1) is 6.61 Å². The lowest BCUT2D eigenvalue weighted by Crippen LogP contribution is -2.43. The van der Waals surface area contributed by atoms with E-state index in [1.807, 2.05) is 31.2 Å². The topological polar surface area (TPSA) is 105 Å². The Morgan fingerprint density at radius 2 is 1.74 bits per heavy atom. The molecule has 1 saturated heterocycles. The Hall–Kier alpha value is -3.39. The predicted molar refractivity (Wildman–Crippen MR) is 130 cm³/mol. The summed E-state index contributed by atoms with van der Waals surface area (Å²) in [7, 11) is 1.46. The third-order valence-electron chi connectivity index (χ3n) is 7.16. The fraction of sp³-hybridized carbons (Fsp3) is 0.444.